The SMILES string of the molecule is C[Si](C)(C)C1c2ccccc2OC2C=CC=CC21. The van der Waals surface area contributed by atoms with Crippen LogP contribution in [-0.2, 0) is 0 Å². The van der Waals surface area contributed by atoms with E-state index < -0.39 is 8.07 Å². The normalized spacial score (nSPS) is 29.4. The minimum absolute atomic E-state index is 0.224. The second kappa shape index (κ2) is 4.13. The third kappa shape index (κ3) is 1.85. The summed E-state index contributed by atoms with van der Waals surface area (Å²) in [5.74, 6) is 1.60. The molecule has 1 aromatic carbocycles. The van der Waals surface area contributed by atoms with Crippen LogP contribution in [0.25, 0.3) is 0 Å². The zero-order valence-corrected chi connectivity index (χ0v) is 12.3. The van der Waals surface area contributed by atoms with Crippen molar-refractivity contribution in [1.29, 1.82) is 0 Å². The van der Waals surface area contributed by atoms with Crippen LogP contribution >= 0.6 is 0 Å². The summed E-state index contributed by atoms with van der Waals surface area (Å²) in [5, 5.41) is 0. The van der Waals surface area contributed by atoms with E-state index in [1.54, 1.807) is 0 Å². The highest BCUT2D eigenvalue weighted by Gasteiger charge is 2.43. The molecule has 18 heavy (non-hydrogen) atoms. The number of ether oxygens (including phenoxy) is 1. The Labute approximate surface area is 110 Å². The van der Waals surface area contributed by atoms with E-state index in [0.717, 1.165) is 5.75 Å². The Kier molecular flexibility index (Phi) is 2.70. The number of allylic oxidation sites excluding steroid dienone is 2. The van der Waals surface area contributed by atoms with Crippen LogP contribution in [-0.4, -0.2) is 14.2 Å². The van der Waals surface area contributed by atoms with Crippen molar-refractivity contribution in [3.8, 4) is 5.75 Å². The van der Waals surface area contributed by atoms with Crippen LogP contribution in [0, 0.1) is 5.92 Å². The Balaban J connectivity index is 2.13. The van der Waals surface area contributed by atoms with Crippen LogP contribution in [0.15, 0.2) is 48.6 Å². The molecule has 3 unspecified atom stereocenters. The molecule has 0 N–H and O–H groups in total. The molecule has 0 spiro atoms. The van der Waals surface area contributed by atoms with E-state index in [9.17, 15) is 0 Å². The molecule has 3 atom stereocenters. The first-order valence-electron chi connectivity index (χ1n) is 6.68. The van der Waals surface area contributed by atoms with Gasteiger partial charge in [-0.1, -0.05) is 56.1 Å². The molecule has 0 saturated heterocycles. The summed E-state index contributed by atoms with van der Waals surface area (Å²) in [6, 6.07) is 8.58. The van der Waals surface area contributed by atoms with Gasteiger partial charge in [-0.25, -0.2) is 0 Å². The molecule has 1 aliphatic carbocycles. The topological polar surface area (TPSA) is 9.23 Å². The molecular weight excluding hydrogens is 236 g/mol. The van der Waals surface area contributed by atoms with Gasteiger partial charge in [-0.05, 0) is 23.2 Å². The molecule has 1 aromatic rings. The molecule has 0 fully saturated rings. The second-order valence-corrected chi connectivity index (χ2v) is 11.7. The van der Waals surface area contributed by atoms with Crippen molar-refractivity contribution in [2.75, 3.05) is 0 Å². The number of benzene rings is 1. The van der Waals surface area contributed by atoms with E-state index in [2.05, 4.69) is 68.2 Å². The summed E-state index contributed by atoms with van der Waals surface area (Å²) < 4.78 is 6.15. The fraction of sp³-hybridized carbons (Fsp3) is 0.375. The molecule has 1 nitrogen and oxygen atoms in total. The number of rotatable bonds is 1. The van der Waals surface area contributed by atoms with Crippen molar-refractivity contribution in [2.24, 2.45) is 5.92 Å². The predicted molar refractivity (Wildman–Crippen MR) is 78.7 cm³/mol. The van der Waals surface area contributed by atoms with Gasteiger partial charge in [0.25, 0.3) is 0 Å². The molecule has 2 heteroatoms. The van der Waals surface area contributed by atoms with E-state index in [-0.39, 0.29) is 6.10 Å². The van der Waals surface area contributed by atoms with Gasteiger partial charge in [-0.2, -0.15) is 0 Å². The third-order valence-corrected chi connectivity index (χ3v) is 6.52. The summed E-state index contributed by atoms with van der Waals surface area (Å²) in [6.45, 7) is 7.38. The monoisotopic (exact) mass is 256 g/mol. The van der Waals surface area contributed by atoms with Gasteiger partial charge in [0.15, 0.2) is 0 Å². The summed E-state index contributed by atoms with van der Waals surface area (Å²) in [4.78, 5) is 0. The number of para-hydroxylation sites is 1. The molecule has 94 valence electrons. The lowest BCUT2D eigenvalue weighted by Crippen LogP contribution is -2.45. The maximum atomic E-state index is 6.15. The highest BCUT2D eigenvalue weighted by Crippen LogP contribution is 2.46. The largest absolute Gasteiger partial charge is 0.485 e. The second-order valence-electron chi connectivity index (χ2n) is 6.31. The first kappa shape index (κ1) is 11.8. The summed E-state index contributed by atoms with van der Waals surface area (Å²) in [5.41, 5.74) is 2.06. The van der Waals surface area contributed by atoms with Gasteiger partial charge in [-0.3, -0.25) is 0 Å². The molecule has 1 heterocycles. The van der Waals surface area contributed by atoms with Crippen LogP contribution in [0.5, 0.6) is 5.75 Å². The zero-order chi connectivity index (χ0) is 12.8. The Hall–Kier alpha value is -1.28. The maximum Gasteiger partial charge on any atom is 0.124 e. The van der Waals surface area contributed by atoms with Crippen LogP contribution in [0.4, 0.5) is 0 Å². The number of fused-ring (bicyclic) bond motifs is 2. The Morgan fingerprint density at radius 3 is 2.50 bits per heavy atom. The fourth-order valence-electron chi connectivity index (χ4n) is 3.27. The minimum atomic E-state index is -1.28. The summed E-state index contributed by atoms with van der Waals surface area (Å²) in [7, 11) is -1.28. The molecule has 0 aromatic heterocycles. The first-order valence-corrected chi connectivity index (χ1v) is 10.3. The van der Waals surface area contributed by atoms with E-state index in [1.807, 2.05) is 0 Å². The average molecular weight is 256 g/mol. The Morgan fingerprint density at radius 1 is 1.00 bits per heavy atom. The zero-order valence-electron chi connectivity index (χ0n) is 11.3. The maximum absolute atomic E-state index is 6.15. The number of hydrogen-bond donors (Lipinski definition) is 0. The van der Waals surface area contributed by atoms with Crippen LogP contribution in [0.1, 0.15) is 11.1 Å². The van der Waals surface area contributed by atoms with Gasteiger partial charge >= 0.3 is 0 Å². The molecule has 1 aliphatic heterocycles. The average Bonchev–Trinajstić information content (AvgIpc) is 2.34. The summed E-state index contributed by atoms with van der Waals surface area (Å²) in [6.07, 6.45) is 9.04. The van der Waals surface area contributed by atoms with Gasteiger partial charge in [0, 0.05) is 5.92 Å². The molecule has 0 radical (unpaired) electrons. The molecular formula is C16H20OSi. The standard InChI is InChI=1S/C16H20OSi/c1-18(2,3)16-12-8-4-6-10-14(12)17-15-11-7-5-9-13(15)16/h4-12,14,16H,1-3H3. The quantitative estimate of drug-likeness (QED) is 0.686. The van der Waals surface area contributed by atoms with E-state index in [0.29, 0.717) is 11.5 Å². The Bertz CT molecular complexity index is 510. The minimum Gasteiger partial charge on any atom is -0.485 e. The van der Waals surface area contributed by atoms with Crippen molar-refractivity contribution in [3.63, 3.8) is 0 Å². The predicted octanol–water partition coefficient (Wildman–Crippen LogP) is 4.15. The van der Waals surface area contributed by atoms with E-state index in [1.165, 1.54) is 5.56 Å². The lowest BCUT2D eigenvalue weighted by atomic mass is 9.87. The molecule has 2 aliphatic rings. The van der Waals surface area contributed by atoms with Gasteiger partial charge in [0.1, 0.15) is 11.9 Å². The fourth-order valence-corrected chi connectivity index (χ4v) is 5.89. The van der Waals surface area contributed by atoms with Crippen LogP contribution in [0.2, 0.25) is 19.6 Å². The van der Waals surface area contributed by atoms with Gasteiger partial charge in [0.2, 0.25) is 0 Å². The van der Waals surface area contributed by atoms with Gasteiger partial charge in [-0.15, -0.1) is 0 Å². The van der Waals surface area contributed by atoms with Crippen LogP contribution in [0.3, 0.4) is 0 Å². The van der Waals surface area contributed by atoms with E-state index >= 15 is 0 Å². The van der Waals surface area contributed by atoms with Crippen LogP contribution < -0.4 is 4.74 Å². The van der Waals surface area contributed by atoms with Gasteiger partial charge < -0.3 is 4.74 Å². The van der Waals surface area contributed by atoms with E-state index in [4.69, 9.17) is 4.74 Å². The van der Waals surface area contributed by atoms with Gasteiger partial charge in [0.05, 0.1) is 8.07 Å². The molecule has 0 saturated carbocycles. The molecule has 0 bridgehead atoms. The molecule has 0 amide bonds. The Morgan fingerprint density at radius 2 is 1.72 bits per heavy atom. The third-order valence-electron chi connectivity index (χ3n) is 3.96. The van der Waals surface area contributed by atoms with Crippen molar-refractivity contribution in [1.82, 2.24) is 0 Å². The lowest BCUT2D eigenvalue weighted by molar-refractivity contribution is 0.172. The smallest absolute Gasteiger partial charge is 0.124 e. The highest BCUT2D eigenvalue weighted by molar-refractivity contribution is 6.77. The van der Waals surface area contributed by atoms with Crippen molar-refractivity contribution in [2.45, 2.75) is 31.3 Å². The lowest BCUT2D eigenvalue weighted by Gasteiger charge is -2.43. The van der Waals surface area contributed by atoms with Crippen molar-refractivity contribution >= 4 is 8.07 Å². The first-order chi connectivity index (χ1) is 8.57. The molecule has 3 rings (SSSR count). The highest BCUT2D eigenvalue weighted by atomic mass is 28.3. The van der Waals surface area contributed by atoms with Crippen molar-refractivity contribution < 1.29 is 4.74 Å². The number of hydrogen-bond acceptors (Lipinski definition) is 1. The van der Waals surface area contributed by atoms with Crippen molar-refractivity contribution in [3.05, 3.63) is 54.1 Å². The summed E-state index contributed by atoms with van der Waals surface area (Å²) >= 11 is 0.